The lowest BCUT2D eigenvalue weighted by Gasteiger charge is -2.25. The maximum Gasteiger partial charge on any atom is 0.0861 e. The smallest absolute Gasteiger partial charge is 0.0861 e. The van der Waals surface area contributed by atoms with Gasteiger partial charge >= 0.3 is 0 Å². The second kappa shape index (κ2) is 2.21. The fourth-order valence-electron chi connectivity index (χ4n) is 2.54. The zero-order valence-corrected chi connectivity index (χ0v) is 6.29. The van der Waals surface area contributed by atoms with E-state index in [1.807, 2.05) is 0 Å². The lowest BCUT2D eigenvalue weighted by molar-refractivity contribution is -0.0426. The van der Waals surface area contributed by atoms with E-state index in [-0.39, 0.29) is 12.2 Å². The standard InChI is InChI=1S/C8H14O2/c1-10-8-6-3-2-5(4-6)7(8)9/h5-9H,2-4H2,1H3/t5-,6+,7+,8-/m0/s1. The van der Waals surface area contributed by atoms with Crippen molar-refractivity contribution in [1.82, 2.24) is 0 Å². The van der Waals surface area contributed by atoms with Crippen LogP contribution in [0.2, 0.25) is 0 Å². The number of fused-ring (bicyclic) bond motifs is 2. The third kappa shape index (κ3) is 0.722. The molecule has 0 saturated heterocycles. The van der Waals surface area contributed by atoms with Crippen LogP contribution in [0.4, 0.5) is 0 Å². The number of aliphatic hydroxyl groups is 1. The third-order valence-corrected chi connectivity index (χ3v) is 3.07. The van der Waals surface area contributed by atoms with Crippen LogP contribution in [0.15, 0.2) is 0 Å². The van der Waals surface area contributed by atoms with Gasteiger partial charge in [0.25, 0.3) is 0 Å². The molecule has 0 aromatic rings. The second-order valence-corrected chi connectivity index (χ2v) is 3.52. The van der Waals surface area contributed by atoms with Gasteiger partial charge in [-0.1, -0.05) is 0 Å². The molecule has 0 radical (unpaired) electrons. The van der Waals surface area contributed by atoms with Crippen molar-refractivity contribution in [1.29, 1.82) is 0 Å². The van der Waals surface area contributed by atoms with Crippen LogP contribution in [0.3, 0.4) is 0 Å². The van der Waals surface area contributed by atoms with Crippen LogP contribution < -0.4 is 0 Å². The van der Waals surface area contributed by atoms with Gasteiger partial charge in [-0.15, -0.1) is 0 Å². The summed E-state index contributed by atoms with van der Waals surface area (Å²) in [6, 6.07) is 0. The van der Waals surface area contributed by atoms with Crippen molar-refractivity contribution < 1.29 is 9.84 Å². The molecule has 0 unspecified atom stereocenters. The van der Waals surface area contributed by atoms with Gasteiger partial charge in [-0.05, 0) is 31.1 Å². The first-order chi connectivity index (χ1) is 4.83. The van der Waals surface area contributed by atoms with Gasteiger partial charge in [-0.25, -0.2) is 0 Å². The highest BCUT2D eigenvalue weighted by atomic mass is 16.5. The second-order valence-electron chi connectivity index (χ2n) is 3.52. The zero-order chi connectivity index (χ0) is 7.14. The Kier molecular flexibility index (Phi) is 1.46. The molecule has 0 heterocycles. The van der Waals surface area contributed by atoms with Crippen LogP contribution in [0, 0.1) is 11.8 Å². The molecule has 2 heteroatoms. The van der Waals surface area contributed by atoms with E-state index in [9.17, 15) is 5.11 Å². The SMILES string of the molecule is CO[C@H]1[C@@H]2CC[C@@H](C2)[C@H]1O. The summed E-state index contributed by atoms with van der Waals surface area (Å²) >= 11 is 0. The lowest BCUT2D eigenvalue weighted by Crippen LogP contribution is -2.33. The average Bonchev–Trinajstić information content (AvgIpc) is 2.46. The molecule has 2 bridgehead atoms. The van der Waals surface area contributed by atoms with E-state index in [4.69, 9.17) is 4.74 Å². The molecule has 2 fully saturated rings. The van der Waals surface area contributed by atoms with Crippen LogP contribution in [0.1, 0.15) is 19.3 Å². The molecule has 2 saturated carbocycles. The maximum absolute atomic E-state index is 9.55. The fourth-order valence-corrected chi connectivity index (χ4v) is 2.54. The molecule has 2 aliphatic rings. The van der Waals surface area contributed by atoms with Crippen molar-refractivity contribution in [2.75, 3.05) is 7.11 Å². The number of hydrogen-bond acceptors (Lipinski definition) is 2. The van der Waals surface area contributed by atoms with E-state index in [2.05, 4.69) is 0 Å². The summed E-state index contributed by atoms with van der Waals surface area (Å²) in [6.45, 7) is 0. The Labute approximate surface area is 61.2 Å². The maximum atomic E-state index is 9.55. The van der Waals surface area contributed by atoms with Crippen molar-refractivity contribution in [2.24, 2.45) is 11.8 Å². The predicted octanol–water partition coefficient (Wildman–Crippen LogP) is 0.792. The molecule has 2 rings (SSSR count). The molecule has 58 valence electrons. The van der Waals surface area contributed by atoms with Gasteiger partial charge in [-0.2, -0.15) is 0 Å². The highest BCUT2D eigenvalue weighted by molar-refractivity contribution is 4.97. The van der Waals surface area contributed by atoms with E-state index in [1.54, 1.807) is 7.11 Å². The van der Waals surface area contributed by atoms with Gasteiger partial charge in [0.2, 0.25) is 0 Å². The van der Waals surface area contributed by atoms with Crippen molar-refractivity contribution in [3.8, 4) is 0 Å². The van der Waals surface area contributed by atoms with E-state index in [0.29, 0.717) is 11.8 Å². The molecule has 0 spiro atoms. The van der Waals surface area contributed by atoms with Gasteiger partial charge in [-0.3, -0.25) is 0 Å². The van der Waals surface area contributed by atoms with Crippen molar-refractivity contribution >= 4 is 0 Å². The van der Waals surface area contributed by atoms with Crippen LogP contribution in [-0.2, 0) is 4.74 Å². The molecule has 0 amide bonds. The van der Waals surface area contributed by atoms with E-state index in [0.717, 1.165) is 0 Å². The van der Waals surface area contributed by atoms with Gasteiger partial charge < -0.3 is 9.84 Å². The first kappa shape index (κ1) is 6.62. The quantitative estimate of drug-likeness (QED) is 0.586. The third-order valence-electron chi connectivity index (χ3n) is 3.07. The minimum absolute atomic E-state index is 0.152. The summed E-state index contributed by atoms with van der Waals surface area (Å²) < 4.78 is 5.21. The van der Waals surface area contributed by atoms with Crippen LogP contribution >= 0.6 is 0 Å². The Bertz CT molecular complexity index is 133. The van der Waals surface area contributed by atoms with Gasteiger partial charge in [0.15, 0.2) is 0 Å². The molecular weight excluding hydrogens is 128 g/mol. The largest absolute Gasteiger partial charge is 0.390 e. The first-order valence-electron chi connectivity index (χ1n) is 4.04. The predicted molar refractivity (Wildman–Crippen MR) is 37.6 cm³/mol. The summed E-state index contributed by atoms with van der Waals surface area (Å²) in [5.41, 5.74) is 0. The number of aliphatic hydroxyl groups excluding tert-OH is 1. The highest BCUT2D eigenvalue weighted by Gasteiger charge is 2.46. The van der Waals surface area contributed by atoms with Crippen molar-refractivity contribution in [3.05, 3.63) is 0 Å². The number of rotatable bonds is 1. The van der Waals surface area contributed by atoms with Crippen LogP contribution in [0.25, 0.3) is 0 Å². The number of ether oxygens (including phenoxy) is 1. The van der Waals surface area contributed by atoms with E-state index in [1.165, 1.54) is 19.3 Å². The highest BCUT2D eigenvalue weighted by Crippen LogP contribution is 2.45. The van der Waals surface area contributed by atoms with Crippen molar-refractivity contribution in [2.45, 2.75) is 31.5 Å². The molecular formula is C8H14O2. The van der Waals surface area contributed by atoms with Crippen LogP contribution in [-0.4, -0.2) is 24.4 Å². The Morgan fingerprint density at radius 3 is 2.40 bits per heavy atom. The fraction of sp³-hybridized carbons (Fsp3) is 1.00. The lowest BCUT2D eigenvalue weighted by atomic mass is 9.95. The molecule has 2 aliphatic carbocycles. The molecule has 0 aromatic carbocycles. The molecule has 1 N–H and O–H groups in total. The number of hydrogen-bond donors (Lipinski definition) is 1. The summed E-state index contributed by atoms with van der Waals surface area (Å²) in [7, 11) is 1.70. The normalized spacial score (nSPS) is 52.2. The van der Waals surface area contributed by atoms with E-state index < -0.39 is 0 Å². The molecule has 10 heavy (non-hydrogen) atoms. The minimum atomic E-state index is -0.163. The van der Waals surface area contributed by atoms with Crippen LogP contribution in [0.5, 0.6) is 0 Å². The molecule has 0 aromatic heterocycles. The van der Waals surface area contributed by atoms with Crippen molar-refractivity contribution in [3.63, 3.8) is 0 Å². The summed E-state index contributed by atoms with van der Waals surface area (Å²) in [4.78, 5) is 0. The molecule has 0 aliphatic heterocycles. The molecule has 4 atom stereocenters. The zero-order valence-electron chi connectivity index (χ0n) is 6.29. The molecule has 2 nitrogen and oxygen atoms in total. The number of methoxy groups -OCH3 is 1. The Balaban J connectivity index is 2.10. The minimum Gasteiger partial charge on any atom is -0.390 e. The topological polar surface area (TPSA) is 29.5 Å². The monoisotopic (exact) mass is 142 g/mol. The Morgan fingerprint density at radius 1 is 1.30 bits per heavy atom. The Morgan fingerprint density at radius 2 is 2.00 bits per heavy atom. The Hall–Kier alpha value is -0.0800. The summed E-state index contributed by atoms with van der Waals surface area (Å²) in [5, 5.41) is 9.55. The summed E-state index contributed by atoms with van der Waals surface area (Å²) in [5.74, 6) is 1.21. The van der Waals surface area contributed by atoms with E-state index >= 15 is 0 Å². The van der Waals surface area contributed by atoms with Gasteiger partial charge in [0.05, 0.1) is 12.2 Å². The average molecular weight is 142 g/mol. The first-order valence-corrected chi connectivity index (χ1v) is 4.04. The summed E-state index contributed by atoms with van der Waals surface area (Å²) in [6.07, 6.45) is 3.66. The van der Waals surface area contributed by atoms with Gasteiger partial charge in [0.1, 0.15) is 0 Å². The van der Waals surface area contributed by atoms with Gasteiger partial charge in [0, 0.05) is 7.11 Å².